The number of fused-ring (bicyclic) bond motifs is 3. The zero-order chi connectivity index (χ0) is 41.5. The average molecular weight is 799 g/mol. The zero-order valence-electron chi connectivity index (χ0n) is 38.8. The molecule has 3 aromatic heterocycles. The molecule has 3 aliphatic carbocycles. The molecule has 0 saturated carbocycles. The van der Waals surface area contributed by atoms with Crippen molar-refractivity contribution in [3.05, 3.63) is 74.4 Å². The minimum Gasteiger partial charge on any atom is -0.238 e. The van der Waals surface area contributed by atoms with Crippen molar-refractivity contribution in [3.63, 3.8) is 0 Å². The fourth-order valence-corrected chi connectivity index (χ4v) is 9.03. The van der Waals surface area contributed by atoms with E-state index in [-0.39, 0.29) is 38.5 Å². The van der Waals surface area contributed by atoms with Gasteiger partial charge in [-0.1, -0.05) is 152 Å². The summed E-state index contributed by atoms with van der Waals surface area (Å²) < 4.78 is 0. The van der Waals surface area contributed by atoms with Crippen LogP contribution in [-0.4, -0.2) is 29.9 Å². The number of aryl methyl sites for hydroxylation is 3. The second kappa shape index (κ2) is 20.0. The second-order valence-electron chi connectivity index (χ2n) is 20.2. The lowest BCUT2D eigenvalue weighted by Gasteiger charge is -2.41. The molecule has 0 aromatic carbocycles. The molecule has 6 rings (SSSR count). The number of aromatic nitrogens is 6. The van der Waals surface area contributed by atoms with Gasteiger partial charge < -0.3 is 0 Å². The third-order valence-electron chi connectivity index (χ3n) is 14.2. The van der Waals surface area contributed by atoms with Gasteiger partial charge >= 0.3 is 0 Å². The van der Waals surface area contributed by atoms with Crippen molar-refractivity contribution >= 4 is 6.08 Å². The Morgan fingerprint density at radius 3 is 1.36 bits per heavy atom. The van der Waals surface area contributed by atoms with Gasteiger partial charge in [0.1, 0.15) is 17.5 Å². The van der Waals surface area contributed by atoms with Crippen molar-refractivity contribution < 1.29 is 0 Å². The molecule has 3 heterocycles. The van der Waals surface area contributed by atoms with Crippen LogP contribution < -0.4 is 0 Å². The van der Waals surface area contributed by atoms with Crippen molar-refractivity contribution in [2.45, 2.75) is 220 Å². The highest BCUT2D eigenvalue weighted by atomic mass is 14.9. The van der Waals surface area contributed by atoms with Crippen molar-refractivity contribution in [1.29, 1.82) is 0 Å². The number of allylic oxidation sites excluding steroid dienone is 1. The topological polar surface area (TPSA) is 77.3 Å². The summed E-state index contributed by atoms with van der Waals surface area (Å²) in [6.07, 6.45) is 9.06. The maximum absolute atomic E-state index is 4.97. The molecular formula is C52H90N6. The van der Waals surface area contributed by atoms with E-state index in [0.717, 1.165) is 48.3 Å². The molecule has 0 radical (unpaired) electrons. The van der Waals surface area contributed by atoms with Crippen LogP contribution in [0.15, 0.2) is 6.08 Å². The smallest absolute Gasteiger partial charge is 0.131 e. The van der Waals surface area contributed by atoms with Crippen LogP contribution in [0.5, 0.6) is 0 Å². The first-order valence-electron chi connectivity index (χ1n) is 21.7. The standard InChI is InChI=1S/C17H28N2.C16H26N2.C16H24N2.3CH4/c1-10(2)16-18-13(6)14-8-12(5)9-17(7,11(3)4)15(14)19-16;1-9(2)15-17-12(6)13-8-11(5)16(7,10(3)4)14(13)18-15;1-10(2)15-17-12(5)13-8-7-9-16(6,11(3)4)14(13)18-15;;;/h10-12H,8-9H2,1-7H3;9-11H,8H2,1-7H3;7-8,10-11H,9H2,1-6H3;3*1H4. The monoisotopic (exact) mass is 799 g/mol. The van der Waals surface area contributed by atoms with Crippen LogP contribution in [-0.2, 0) is 29.1 Å². The van der Waals surface area contributed by atoms with Crippen LogP contribution in [0.1, 0.15) is 239 Å². The van der Waals surface area contributed by atoms with Gasteiger partial charge in [-0.2, -0.15) is 0 Å². The molecule has 6 nitrogen and oxygen atoms in total. The van der Waals surface area contributed by atoms with Crippen LogP contribution in [0, 0.1) is 50.4 Å². The van der Waals surface area contributed by atoms with Gasteiger partial charge in [-0.05, 0) is 87.2 Å². The number of rotatable bonds is 6. The second-order valence-corrected chi connectivity index (χ2v) is 20.2. The zero-order valence-corrected chi connectivity index (χ0v) is 38.8. The summed E-state index contributed by atoms with van der Waals surface area (Å²) in [7, 11) is 0. The maximum atomic E-state index is 4.97. The SMILES string of the molecule is C.C.C.Cc1nc(C(C)C)nc2c1C=CCC2(C)C(C)C.Cc1nc(C(C)C)nc2c1CC(C)C2(C)C(C)C.Cc1nc(C(C)C)nc2c1CC(C)CC2(C)C(C)C. The number of hydrogen-bond donors (Lipinski definition) is 0. The van der Waals surface area contributed by atoms with Gasteiger partial charge in [0, 0.05) is 56.6 Å². The summed E-state index contributed by atoms with van der Waals surface area (Å²) >= 11 is 0. The molecule has 58 heavy (non-hydrogen) atoms. The minimum atomic E-state index is 0. The van der Waals surface area contributed by atoms with E-state index in [1.54, 1.807) is 0 Å². The summed E-state index contributed by atoms with van der Waals surface area (Å²) in [5, 5.41) is 0. The summed E-state index contributed by atoms with van der Waals surface area (Å²) in [6, 6.07) is 0. The Morgan fingerprint density at radius 1 is 0.517 bits per heavy atom. The highest BCUT2D eigenvalue weighted by Gasteiger charge is 2.45. The van der Waals surface area contributed by atoms with Crippen molar-refractivity contribution in [2.24, 2.45) is 29.6 Å². The summed E-state index contributed by atoms with van der Waals surface area (Å²) in [5.41, 5.74) is 12.0. The molecule has 0 saturated heterocycles. The Kier molecular flexibility index (Phi) is 18.3. The summed E-state index contributed by atoms with van der Waals surface area (Å²) in [4.78, 5) is 28.9. The van der Waals surface area contributed by atoms with Crippen LogP contribution in [0.25, 0.3) is 6.08 Å². The lowest BCUT2D eigenvalue weighted by Crippen LogP contribution is -2.38. The summed E-state index contributed by atoms with van der Waals surface area (Å²) in [5.74, 6) is 7.38. The Morgan fingerprint density at radius 2 is 0.931 bits per heavy atom. The quantitative estimate of drug-likeness (QED) is 0.247. The molecule has 0 N–H and O–H groups in total. The van der Waals surface area contributed by atoms with Gasteiger partial charge in [-0.15, -0.1) is 0 Å². The number of hydrogen-bond acceptors (Lipinski definition) is 6. The molecule has 5 atom stereocenters. The Labute approximate surface area is 359 Å². The van der Waals surface area contributed by atoms with Crippen LogP contribution in [0.3, 0.4) is 0 Å². The molecule has 0 aliphatic heterocycles. The van der Waals surface area contributed by atoms with Crippen molar-refractivity contribution in [3.8, 4) is 0 Å². The van der Waals surface area contributed by atoms with Crippen LogP contribution >= 0.6 is 0 Å². The lowest BCUT2D eigenvalue weighted by atomic mass is 9.64. The van der Waals surface area contributed by atoms with Crippen molar-refractivity contribution in [1.82, 2.24) is 29.9 Å². The normalized spacial score (nSPS) is 24.2. The first-order valence-corrected chi connectivity index (χ1v) is 21.7. The molecule has 3 aliphatic rings. The first kappa shape index (κ1) is 53.0. The minimum absolute atomic E-state index is 0. The van der Waals surface area contributed by atoms with E-state index < -0.39 is 0 Å². The fourth-order valence-electron chi connectivity index (χ4n) is 9.03. The predicted octanol–water partition coefficient (Wildman–Crippen LogP) is 14.6. The van der Waals surface area contributed by atoms with E-state index in [4.69, 9.17) is 24.9 Å². The highest BCUT2D eigenvalue weighted by Crippen LogP contribution is 2.48. The van der Waals surface area contributed by atoms with Gasteiger partial charge in [-0.25, -0.2) is 29.9 Å². The molecule has 6 heteroatoms. The number of nitrogens with zero attached hydrogens (tertiary/aromatic N) is 6. The van der Waals surface area contributed by atoms with E-state index in [9.17, 15) is 0 Å². The van der Waals surface area contributed by atoms with Gasteiger partial charge in [-0.3, -0.25) is 0 Å². The van der Waals surface area contributed by atoms with E-state index in [1.165, 1.54) is 51.6 Å². The van der Waals surface area contributed by atoms with E-state index in [0.29, 0.717) is 41.4 Å². The molecule has 5 unspecified atom stereocenters. The van der Waals surface area contributed by atoms with Gasteiger partial charge in [0.25, 0.3) is 0 Å². The highest BCUT2D eigenvalue weighted by molar-refractivity contribution is 5.59. The fraction of sp³-hybridized carbons (Fsp3) is 0.731. The van der Waals surface area contributed by atoms with Gasteiger partial charge in [0.2, 0.25) is 0 Å². The first-order chi connectivity index (χ1) is 25.4. The van der Waals surface area contributed by atoms with Gasteiger partial charge in [0.15, 0.2) is 0 Å². The van der Waals surface area contributed by atoms with Gasteiger partial charge in [0.05, 0.1) is 17.1 Å². The third-order valence-corrected chi connectivity index (χ3v) is 14.2. The van der Waals surface area contributed by atoms with E-state index in [2.05, 4.69) is 156 Å². The molecule has 0 bridgehead atoms. The van der Waals surface area contributed by atoms with Crippen LogP contribution in [0.2, 0.25) is 0 Å². The molecule has 0 fully saturated rings. The molecule has 0 spiro atoms. The van der Waals surface area contributed by atoms with Crippen LogP contribution in [0.4, 0.5) is 0 Å². The average Bonchev–Trinajstić information content (AvgIpc) is 3.36. The molecular weight excluding hydrogens is 709 g/mol. The predicted molar refractivity (Wildman–Crippen MR) is 253 cm³/mol. The molecule has 328 valence electrons. The Bertz CT molecular complexity index is 1850. The third kappa shape index (κ3) is 10.1. The van der Waals surface area contributed by atoms with E-state index in [1.807, 2.05) is 0 Å². The van der Waals surface area contributed by atoms with E-state index >= 15 is 0 Å². The largest absolute Gasteiger partial charge is 0.238 e. The maximum Gasteiger partial charge on any atom is 0.131 e. The molecule has 0 amide bonds. The lowest BCUT2D eigenvalue weighted by molar-refractivity contribution is 0.237. The Balaban J connectivity index is 0.000000424. The Hall–Kier alpha value is -3.02. The molecule has 3 aromatic rings. The summed E-state index contributed by atoms with van der Waals surface area (Å²) in [6.45, 7) is 45.1. The van der Waals surface area contributed by atoms with Crippen molar-refractivity contribution in [2.75, 3.05) is 0 Å².